The second kappa shape index (κ2) is 3.10. The topological polar surface area (TPSA) is 55.0 Å². The Morgan fingerprint density at radius 2 is 2.43 bits per heavy atom. The quantitative estimate of drug-likeness (QED) is 0.702. The zero-order chi connectivity index (χ0) is 10.1. The van der Waals surface area contributed by atoms with Crippen LogP contribution in [0.2, 0.25) is 0 Å². The number of esters is 1. The lowest BCUT2D eigenvalue weighted by Crippen LogP contribution is -2.03. The van der Waals surface area contributed by atoms with Crippen molar-refractivity contribution in [2.75, 3.05) is 0 Å². The monoisotopic (exact) mass is 194 g/mol. The van der Waals surface area contributed by atoms with Crippen molar-refractivity contribution in [3.05, 3.63) is 24.3 Å². The molecule has 0 unspecified atom stereocenters. The molecule has 0 spiro atoms. The van der Waals surface area contributed by atoms with Crippen LogP contribution in [0.5, 0.6) is 5.75 Å². The largest absolute Gasteiger partial charge is 0.423 e. The minimum absolute atomic E-state index is 0.0799. The first kappa shape index (κ1) is 8.68. The predicted octanol–water partition coefficient (Wildman–Crippen LogP) is 1.63. The molecule has 0 fully saturated rings. The first-order valence-electron chi connectivity index (χ1n) is 3.98. The molecule has 0 atom stereocenters. The molecule has 2 rings (SSSR count). The molecule has 4 nitrogen and oxygen atoms in total. The number of carbonyl (C=O) groups is 1. The third-order valence-electron chi connectivity index (χ3n) is 1.74. The molecular weight excluding hydrogens is 187 g/mol. The molecule has 0 saturated carbocycles. The standard InChI is InChI=1S/C9H7FN2O2/c1-5(13)14-8-6-2-3-11-9(6)12-4-7(8)10/h2-4H,1H3,(H,11,12). The summed E-state index contributed by atoms with van der Waals surface area (Å²) in [6, 6.07) is 1.60. The summed E-state index contributed by atoms with van der Waals surface area (Å²) >= 11 is 0. The SMILES string of the molecule is CC(=O)Oc1c(F)cnc2[nH]ccc12. The van der Waals surface area contributed by atoms with Crippen LogP contribution < -0.4 is 4.74 Å². The number of ether oxygens (including phenoxy) is 1. The summed E-state index contributed by atoms with van der Waals surface area (Å²) in [5.74, 6) is -1.28. The maximum atomic E-state index is 13.2. The van der Waals surface area contributed by atoms with Crippen molar-refractivity contribution < 1.29 is 13.9 Å². The van der Waals surface area contributed by atoms with Gasteiger partial charge in [-0.25, -0.2) is 9.37 Å². The van der Waals surface area contributed by atoms with E-state index in [4.69, 9.17) is 4.74 Å². The maximum absolute atomic E-state index is 13.2. The molecule has 14 heavy (non-hydrogen) atoms. The number of aromatic nitrogens is 2. The highest BCUT2D eigenvalue weighted by molar-refractivity contribution is 5.85. The summed E-state index contributed by atoms with van der Waals surface area (Å²) in [5.41, 5.74) is 0.489. The Hall–Kier alpha value is -1.91. The van der Waals surface area contributed by atoms with Crippen LogP contribution in [0.4, 0.5) is 4.39 Å². The second-order valence-corrected chi connectivity index (χ2v) is 2.77. The van der Waals surface area contributed by atoms with Gasteiger partial charge in [-0.2, -0.15) is 0 Å². The van der Waals surface area contributed by atoms with E-state index in [2.05, 4.69) is 9.97 Å². The Balaban J connectivity index is 2.64. The van der Waals surface area contributed by atoms with Crippen molar-refractivity contribution in [2.45, 2.75) is 6.92 Å². The van der Waals surface area contributed by atoms with Gasteiger partial charge in [0.2, 0.25) is 0 Å². The van der Waals surface area contributed by atoms with E-state index >= 15 is 0 Å². The molecule has 0 bridgehead atoms. The molecule has 1 N–H and O–H groups in total. The van der Waals surface area contributed by atoms with Crippen molar-refractivity contribution in [1.29, 1.82) is 0 Å². The van der Waals surface area contributed by atoms with E-state index in [1.807, 2.05) is 0 Å². The minimum atomic E-state index is -0.646. The molecule has 0 aliphatic rings. The van der Waals surface area contributed by atoms with Gasteiger partial charge in [0.25, 0.3) is 0 Å². The number of aromatic amines is 1. The van der Waals surface area contributed by atoms with E-state index in [0.29, 0.717) is 11.0 Å². The van der Waals surface area contributed by atoms with Gasteiger partial charge < -0.3 is 9.72 Å². The molecule has 0 aliphatic heterocycles. The molecule has 0 aliphatic carbocycles. The van der Waals surface area contributed by atoms with Crippen molar-refractivity contribution in [1.82, 2.24) is 9.97 Å². The Morgan fingerprint density at radius 1 is 1.64 bits per heavy atom. The van der Waals surface area contributed by atoms with Gasteiger partial charge in [-0.05, 0) is 6.07 Å². The van der Waals surface area contributed by atoms with Crippen molar-refractivity contribution >= 4 is 17.0 Å². The highest BCUT2D eigenvalue weighted by Crippen LogP contribution is 2.26. The molecule has 0 saturated heterocycles. The number of carbonyl (C=O) groups excluding carboxylic acids is 1. The van der Waals surface area contributed by atoms with Gasteiger partial charge in [0, 0.05) is 13.1 Å². The van der Waals surface area contributed by atoms with E-state index in [1.165, 1.54) is 6.92 Å². The second-order valence-electron chi connectivity index (χ2n) is 2.77. The highest BCUT2D eigenvalue weighted by atomic mass is 19.1. The fraction of sp³-hybridized carbons (Fsp3) is 0.111. The Morgan fingerprint density at radius 3 is 3.14 bits per heavy atom. The zero-order valence-electron chi connectivity index (χ0n) is 7.37. The molecule has 2 aromatic rings. The third kappa shape index (κ3) is 1.32. The normalized spacial score (nSPS) is 10.4. The molecule has 2 heterocycles. The average molecular weight is 194 g/mol. The smallest absolute Gasteiger partial charge is 0.308 e. The van der Waals surface area contributed by atoms with E-state index in [9.17, 15) is 9.18 Å². The predicted molar refractivity (Wildman–Crippen MR) is 47.4 cm³/mol. The molecule has 0 radical (unpaired) electrons. The van der Waals surface area contributed by atoms with Gasteiger partial charge in [0.15, 0.2) is 11.6 Å². The molecular formula is C9H7FN2O2. The lowest BCUT2D eigenvalue weighted by atomic mass is 10.3. The van der Waals surface area contributed by atoms with Crippen LogP contribution in [-0.2, 0) is 4.79 Å². The van der Waals surface area contributed by atoms with Crippen LogP contribution in [0.3, 0.4) is 0 Å². The third-order valence-corrected chi connectivity index (χ3v) is 1.74. The number of hydrogen-bond donors (Lipinski definition) is 1. The summed E-state index contributed by atoms with van der Waals surface area (Å²) in [4.78, 5) is 17.3. The number of rotatable bonds is 1. The van der Waals surface area contributed by atoms with Gasteiger partial charge in [-0.3, -0.25) is 4.79 Å². The van der Waals surface area contributed by atoms with Crippen LogP contribution in [-0.4, -0.2) is 15.9 Å². The van der Waals surface area contributed by atoms with E-state index in [-0.39, 0.29) is 5.75 Å². The Labute approximate surface area is 78.7 Å². The fourth-order valence-corrected chi connectivity index (χ4v) is 1.21. The lowest BCUT2D eigenvalue weighted by molar-refractivity contribution is -0.132. The minimum Gasteiger partial charge on any atom is -0.423 e. The summed E-state index contributed by atoms with van der Waals surface area (Å²) in [7, 11) is 0. The van der Waals surface area contributed by atoms with Crippen LogP contribution in [0, 0.1) is 5.82 Å². The van der Waals surface area contributed by atoms with Crippen LogP contribution >= 0.6 is 0 Å². The average Bonchev–Trinajstić information content (AvgIpc) is 2.57. The summed E-state index contributed by atoms with van der Waals surface area (Å²) in [6.07, 6.45) is 2.61. The van der Waals surface area contributed by atoms with Crippen molar-refractivity contribution in [2.24, 2.45) is 0 Å². The van der Waals surface area contributed by atoms with E-state index < -0.39 is 11.8 Å². The maximum Gasteiger partial charge on any atom is 0.308 e. The number of H-pyrrole nitrogens is 1. The molecule has 2 aromatic heterocycles. The van der Waals surface area contributed by atoms with Gasteiger partial charge in [-0.1, -0.05) is 0 Å². The van der Waals surface area contributed by atoms with E-state index in [1.54, 1.807) is 12.3 Å². The van der Waals surface area contributed by atoms with Gasteiger partial charge in [-0.15, -0.1) is 0 Å². The number of fused-ring (bicyclic) bond motifs is 1. The number of pyridine rings is 1. The number of halogens is 1. The van der Waals surface area contributed by atoms with Crippen LogP contribution in [0.25, 0.3) is 11.0 Å². The Kier molecular flexibility index (Phi) is 1.92. The molecule has 0 aromatic carbocycles. The summed E-state index contributed by atoms with van der Waals surface area (Å²) < 4.78 is 17.9. The molecule has 72 valence electrons. The van der Waals surface area contributed by atoms with Crippen molar-refractivity contribution in [3.8, 4) is 5.75 Å². The van der Waals surface area contributed by atoms with Crippen molar-refractivity contribution in [3.63, 3.8) is 0 Å². The lowest BCUT2D eigenvalue weighted by Gasteiger charge is -2.02. The van der Waals surface area contributed by atoms with Crippen LogP contribution in [0.1, 0.15) is 6.92 Å². The van der Waals surface area contributed by atoms with Gasteiger partial charge in [0.05, 0.1) is 11.6 Å². The van der Waals surface area contributed by atoms with E-state index in [0.717, 1.165) is 6.20 Å². The molecule has 5 heteroatoms. The van der Waals surface area contributed by atoms with Gasteiger partial charge in [0.1, 0.15) is 5.65 Å². The number of nitrogens with one attached hydrogen (secondary N) is 1. The molecule has 0 amide bonds. The zero-order valence-corrected chi connectivity index (χ0v) is 7.37. The van der Waals surface area contributed by atoms with Crippen LogP contribution in [0.15, 0.2) is 18.5 Å². The number of nitrogens with zero attached hydrogens (tertiary/aromatic N) is 1. The summed E-state index contributed by atoms with van der Waals surface area (Å²) in [6.45, 7) is 1.22. The Bertz CT molecular complexity index is 493. The number of hydrogen-bond acceptors (Lipinski definition) is 3. The first-order chi connectivity index (χ1) is 6.68. The fourth-order valence-electron chi connectivity index (χ4n) is 1.21. The first-order valence-corrected chi connectivity index (χ1v) is 3.98. The van der Waals surface area contributed by atoms with Gasteiger partial charge >= 0.3 is 5.97 Å². The summed E-state index contributed by atoms with van der Waals surface area (Å²) in [5, 5.41) is 0.459. The highest BCUT2D eigenvalue weighted by Gasteiger charge is 2.12.